The Kier molecular flexibility index (Phi) is 3.83. The molecule has 21 heavy (non-hydrogen) atoms. The molecule has 0 bridgehead atoms. The second kappa shape index (κ2) is 5.77. The highest BCUT2D eigenvalue weighted by molar-refractivity contribution is 7.99. The van der Waals surface area contributed by atoms with E-state index in [9.17, 15) is 4.79 Å². The number of H-pyrrole nitrogens is 1. The smallest absolute Gasteiger partial charge is 0.231 e. The quantitative estimate of drug-likeness (QED) is 0.709. The van der Waals surface area contributed by atoms with E-state index in [0.29, 0.717) is 11.5 Å². The van der Waals surface area contributed by atoms with Gasteiger partial charge in [0, 0.05) is 6.04 Å². The molecule has 0 radical (unpaired) electrons. The van der Waals surface area contributed by atoms with Crippen LogP contribution in [-0.2, 0) is 4.79 Å². The average Bonchev–Trinajstić information content (AvgIpc) is 3.04. The molecule has 0 aliphatic carbocycles. The summed E-state index contributed by atoms with van der Waals surface area (Å²) in [6.45, 7) is 4.05. The largest absolute Gasteiger partial charge is 0.353 e. The van der Waals surface area contributed by atoms with Crippen molar-refractivity contribution in [3.63, 3.8) is 0 Å². The standard InChI is InChI=1S/C14H17N5OS/c1-3-9(2)15-12(20)8-21-14-18-17-13-16-10-6-4-5-7-11(10)19(13)14/h4-7,9H,3,8H2,1-2H3,(H,15,20)(H,16,17). The summed E-state index contributed by atoms with van der Waals surface area (Å²) >= 11 is 1.41. The van der Waals surface area contributed by atoms with Crippen molar-refractivity contribution in [3.8, 4) is 0 Å². The van der Waals surface area contributed by atoms with Crippen LogP contribution in [-0.4, -0.2) is 37.3 Å². The minimum absolute atomic E-state index is 0.0231. The molecule has 2 aromatic heterocycles. The van der Waals surface area contributed by atoms with E-state index in [4.69, 9.17) is 0 Å². The first-order valence-electron chi connectivity index (χ1n) is 6.92. The van der Waals surface area contributed by atoms with Crippen molar-refractivity contribution < 1.29 is 4.79 Å². The topological polar surface area (TPSA) is 75.1 Å². The second-order valence-corrected chi connectivity index (χ2v) is 5.87. The molecule has 3 rings (SSSR count). The molecule has 2 heterocycles. The van der Waals surface area contributed by atoms with Crippen LogP contribution < -0.4 is 5.32 Å². The van der Waals surface area contributed by atoms with Crippen molar-refractivity contribution in [1.29, 1.82) is 0 Å². The zero-order valence-corrected chi connectivity index (χ0v) is 12.8. The van der Waals surface area contributed by atoms with E-state index in [0.717, 1.165) is 22.6 Å². The Labute approximate surface area is 126 Å². The fourth-order valence-corrected chi connectivity index (χ4v) is 2.86. The second-order valence-electron chi connectivity index (χ2n) is 4.93. The van der Waals surface area contributed by atoms with Crippen LogP contribution in [0.25, 0.3) is 16.8 Å². The molecule has 0 aliphatic heterocycles. The molecule has 110 valence electrons. The highest BCUT2D eigenvalue weighted by Gasteiger charge is 2.13. The van der Waals surface area contributed by atoms with Gasteiger partial charge in [-0.25, -0.2) is 10.1 Å². The minimum atomic E-state index is 0.0231. The van der Waals surface area contributed by atoms with Gasteiger partial charge in [0.05, 0.1) is 16.8 Å². The van der Waals surface area contributed by atoms with Crippen LogP contribution in [0, 0.1) is 0 Å². The van der Waals surface area contributed by atoms with Crippen molar-refractivity contribution in [2.75, 3.05) is 5.75 Å². The van der Waals surface area contributed by atoms with Crippen LogP contribution in [0.15, 0.2) is 29.4 Å². The Morgan fingerprint density at radius 2 is 2.29 bits per heavy atom. The summed E-state index contributed by atoms with van der Waals surface area (Å²) in [5, 5.41) is 10.8. The number of amides is 1. The molecule has 2 N–H and O–H groups in total. The van der Waals surface area contributed by atoms with Crippen LogP contribution in [0.3, 0.4) is 0 Å². The number of carbonyl (C=O) groups excluding carboxylic acids is 1. The molecule has 3 aromatic rings. The zero-order valence-electron chi connectivity index (χ0n) is 12.0. The maximum absolute atomic E-state index is 11.9. The normalized spacial score (nSPS) is 12.9. The number of thioether (sulfide) groups is 1. The number of benzene rings is 1. The molecule has 1 aromatic carbocycles. The monoisotopic (exact) mass is 303 g/mol. The van der Waals surface area contributed by atoms with Crippen LogP contribution >= 0.6 is 11.8 Å². The Balaban J connectivity index is 1.80. The highest BCUT2D eigenvalue weighted by Crippen LogP contribution is 2.22. The minimum Gasteiger partial charge on any atom is -0.353 e. The molecule has 1 amide bonds. The van der Waals surface area contributed by atoms with Gasteiger partial charge < -0.3 is 5.32 Å². The van der Waals surface area contributed by atoms with Gasteiger partial charge in [-0.1, -0.05) is 30.8 Å². The predicted octanol–water partition coefficient (Wildman–Crippen LogP) is 2.22. The van der Waals surface area contributed by atoms with Crippen LogP contribution in [0.5, 0.6) is 0 Å². The number of rotatable bonds is 5. The number of hydrogen-bond acceptors (Lipinski definition) is 4. The molecular weight excluding hydrogens is 286 g/mol. The fourth-order valence-electron chi connectivity index (χ4n) is 2.09. The molecule has 1 atom stereocenters. The number of nitrogens with one attached hydrogen (secondary N) is 2. The van der Waals surface area contributed by atoms with E-state index in [2.05, 4.69) is 20.5 Å². The maximum Gasteiger partial charge on any atom is 0.231 e. The molecule has 0 fully saturated rings. The van der Waals surface area contributed by atoms with Gasteiger partial charge in [-0.2, -0.15) is 0 Å². The molecule has 1 unspecified atom stereocenters. The number of para-hydroxylation sites is 2. The molecule has 0 saturated heterocycles. The summed E-state index contributed by atoms with van der Waals surface area (Å²) in [5.74, 6) is 1.06. The number of aromatic nitrogens is 4. The molecule has 6 nitrogen and oxygen atoms in total. The van der Waals surface area contributed by atoms with Crippen molar-refractivity contribution in [1.82, 2.24) is 24.9 Å². The number of nitrogens with zero attached hydrogens (tertiary/aromatic N) is 3. The number of fused-ring (bicyclic) bond motifs is 3. The lowest BCUT2D eigenvalue weighted by Gasteiger charge is -2.10. The van der Waals surface area contributed by atoms with E-state index in [1.54, 1.807) is 0 Å². The lowest BCUT2D eigenvalue weighted by Crippen LogP contribution is -2.33. The average molecular weight is 303 g/mol. The lowest BCUT2D eigenvalue weighted by atomic mass is 10.3. The van der Waals surface area contributed by atoms with Crippen LogP contribution in [0.2, 0.25) is 0 Å². The van der Waals surface area contributed by atoms with Crippen molar-refractivity contribution >= 4 is 34.5 Å². The molecular formula is C14H17N5OS. The molecule has 0 aliphatic rings. The van der Waals surface area contributed by atoms with Gasteiger partial charge in [0.1, 0.15) is 0 Å². The predicted molar refractivity (Wildman–Crippen MR) is 83.5 cm³/mol. The number of aromatic amines is 1. The van der Waals surface area contributed by atoms with E-state index >= 15 is 0 Å². The SMILES string of the molecule is CCC(C)NC(=O)CSc1n[nH]c2nc3ccccc3n12. The van der Waals surface area contributed by atoms with E-state index in [1.807, 2.05) is 42.5 Å². The van der Waals surface area contributed by atoms with Gasteiger partial charge in [0.2, 0.25) is 11.7 Å². The summed E-state index contributed by atoms with van der Waals surface area (Å²) in [7, 11) is 0. The molecule has 7 heteroatoms. The van der Waals surface area contributed by atoms with E-state index < -0.39 is 0 Å². The number of carbonyl (C=O) groups is 1. The van der Waals surface area contributed by atoms with Gasteiger partial charge in [-0.3, -0.25) is 9.20 Å². The lowest BCUT2D eigenvalue weighted by molar-refractivity contribution is -0.119. The van der Waals surface area contributed by atoms with Crippen molar-refractivity contribution in [3.05, 3.63) is 24.3 Å². The Hall–Kier alpha value is -2.02. The van der Waals surface area contributed by atoms with Gasteiger partial charge in [-0.15, -0.1) is 5.10 Å². The zero-order chi connectivity index (χ0) is 14.8. The van der Waals surface area contributed by atoms with Crippen LogP contribution in [0.1, 0.15) is 20.3 Å². The van der Waals surface area contributed by atoms with E-state index in [-0.39, 0.29) is 11.9 Å². The Morgan fingerprint density at radius 3 is 3.10 bits per heavy atom. The first-order valence-corrected chi connectivity index (χ1v) is 7.91. The third-order valence-corrected chi connectivity index (χ3v) is 4.29. The first kappa shape index (κ1) is 13.9. The van der Waals surface area contributed by atoms with Crippen LogP contribution in [0.4, 0.5) is 0 Å². The summed E-state index contributed by atoms with van der Waals surface area (Å²) in [6, 6.07) is 8.07. The highest BCUT2D eigenvalue weighted by atomic mass is 32.2. The fraction of sp³-hybridized carbons (Fsp3) is 0.357. The number of hydrogen-bond donors (Lipinski definition) is 2. The van der Waals surface area contributed by atoms with Crippen molar-refractivity contribution in [2.45, 2.75) is 31.5 Å². The summed E-state index contributed by atoms with van der Waals surface area (Å²) in [5.41, 5.74) is 1.91. The van der Waals surface area contributed by atoms with E-state index in [1.165, 1.54) is 11.8 Å². The summed E-state index contributed by atoms with van der Waals surface area (Å²) < 4.78 is 1.94. The number of imidazole rings is 1. The third-order valence-electron chi connectivity index (χ3n) is 3.36. The maximum atomic E-state index is 11.9. The third kappa shape index (κ3) is 2.73. The van der Waals surface area contributed by atoms with Gasteiger partial charge >= 0.3 is 0 Å². The Bertz CT molecular complexity index is 778. The summed E-state index contributed by atoms with van der Waals surface area (Å²) in [4.78, 5) is 16.3. The van der Waals surface area contributed by atoms with Gasteiger partial charge in [0.15, 0.2) is 5.16 Å². The van der Waals surface area contributed by atoms with Gasteiger partial charge in [-0.05, 0) is 25.5 Å². The summed E-state index contributed by atoms with van der Waals surface area (Å²) in [6.07, 6.45) is 0.926. The van der Waals surface area contributed by atoms with Crippen molar-refractivity contribution in [2.24, 2.45) is 0 Å². The molecule has 0 spiro atoms. The first-order chi connectivity index (χ1) is 10.2. The Morgan fingerprint density at radius 1 is 1.48 bits per heavy atom. The molecule has 0 saturated carbocycles. The van der Waals surface area contributed by atoms with Gasteiger partial charge in [0.25, 0.3) is 0 Å².